The maximum absolute atomic E-state index is 12.2. The molecule has 0 aromatic carbocycles. The summed E-state index contributed by atoms with van der Waals surface area (Å²) < 4.78 is 5.06. The number of carbonyl (C=O) groups excluding carboxylic acids is 1. The number of pyridine rings is 1. The van der Waals surface area contributed by atoms with Crippen molar-refractivity contribution in [2.75, 3.05) is 0 Å². The van der Waals surface area contributed by atoms with E-state index in [1.165, 1.54) is 6.39 Å². The van der Waals surface area contributed by atoms with Gasteiger partial charge in [0.25, 0.3) is 5.91 Å². The molecule has 3 rings (SSSR count). The molecule has 0 fully saturated rings. The van der Waals surface area contributed by atoms with Gasteiger partial charge in [-0.1, -0.05) is 0 Å². The van der Waals surface area contributed by atoms with Crippen LogP contribution in [0.15, 0.2) is 41.5 Å². The van der Waals surface area contributed by atoms with Gasteiger partial charge in [-0.05, 0) is 32.9 Å². The number of carbonyl (C=O) groups is 1. The zero-order chi connectivity index (χ0) is 17.1. The molecule has 1 atom stereocenters. The van der Waals surface area contributed by atoms with Gasteiger partial charge < -0.3 is 9.73 Å². The van der Waals surface area contributed by atoms with Gasteiger partial charge in [-0.2, -0.15) is 0 Å². The minimum absolute atomic E-state index is 0.250. The van der Waals surface area contributed by atoms with Crippen molar-refractivity contribution >= 4 is 5.91 Å². The standard InChI is InChI=1S/C17H17N5O2/c1-10-14(8-19-16(21-10)13-4-6-18-7-5-13)11(2)22-17(23)15-12(3)24-9-20-15/h4-9,11H,1-3H3,(H,22,23). The number of nitrogens with one attached hydrogen (secondary N) is 1. The van der Waals surface area contributed by atoms with Gasteiger partial charge >= 0.3 is 0 Å². The van der Waals surface area contributed by atoms with E-state index >= 15 is 0 Å². The zero-order valence-corrected chi connectivity index (χ0v) is 13.6. The van der Waals surface area contributed by atoms with Gasteiger partial charge in [0.15, 0.2) is 17.9 Å². The Labute approximate surface area is 139 Å². The van der Waals surface area contributed by atoms with E-state index in [9.17, 15) is 4.79 Å². The smallest absolute Gasteiger partial charge is 0.273 e. The average Bonchev–Trinajstić information content (AvgIpc) is 3.01. The summed E-state index contributed by atoms with van der Waals surface area (Å²) >= 11 is 0. The molecule has 0 radical (unpaired) electrons. The molecule has 0 aliphatic rings. The summed E-state index contributed by atoms with van der Waals surface area (Å²) in [5.74, 6) is 0.830. The Hall–Kier alpha value is -3.09. The van der Waals surface area contributed by atoms with Crippen molar-refractivity contribution in [2.24, 2.45) is 0 Å². The SMILES string of the molecule is Cc1nc(-c2ccncc2)ncc1C(C)NC(=O)c1ncoc1C. The van der Waals surface area contributed by atoms with Crippen LogP contribution < -0.4 is 5.32 Å². The molecule has 7 heteroatoms. The van der Waals surface area contributed by atoms with E-state index < -0.39 is 0 Å². The number of hydrogen-bond donors (Lipinski definition) is 1. The zero-order valence-electron chi connectivity index (χ0n) is 13.6. The number of rotatable bonds is 4. The largest absolute Gasteiger partial charge is 0.448 e. The van der Waals surface area contributed by atoms with Crippen LogP contribution in [0.4, 0.5) is 0 Å². The molecule has 0 aliphatic carbocycles. The van der Waals surface area contributed by atoms with Gasteiger partial charge in [-0.15, -0.1) is 0 Å². The molecule has 3 heterocycles. The highest BCUT2D eigenvalue weighted by atomic mass is 16.3. The topological polar surface area (TPSA) is 93.8 Å². The second-order valence-corrected chi connectivity index (χ2v) is 5.42. The van der Waals surface area contributed by atoms with Crippen LogP contribution in [0.1, 0.15) is 40.5 Å². The van der Waals surface area contributed by atoms with Gasteiger partial charge in [-0.3, -0.25) is 9.78 Å². The number of nitrogens with zero attached hydrogens (tertiary/aromatic N) is 4. The van der Waals surface area contributed by atoms with Crippen molar-refractivity contribution in [1.82, 2.24) is 25.3 Å². The molecule has 24 heavy (non-hydrogen) atoms. The second kappa shape index (κ2) is 6.57. The molecule has 1 N–H and O–H groups in total. The molecular weight excluding hydrogens is 306 g/mol. The van der Waals surface area contributed by atoms with Gasteiger partial charge in [0.2, 0.25) is 0 Å². The van der Waals surface area contributed by atoms with Gasteiger partial charge in [0.1, 0.15) is 5.76 Å². The third-order valence-electron chi connectivity index (χ3n) is 3.73. The molecule has 0 saturated heterocycles. The highest BCUT2D eigenvalue weighted by Gasteiger charge is 2.18. The van der Waals surface area contributed by atoms with Crippen LogP contribution >= 0.6 is 0 Å². The van der Waals surface area contributed by atoms with E-state index in [1.807, 2.05) is 26.0 Å². The van der Waals surface area contributed by atoms with Crippen molar-refractivity contribution in [3.8, 4) is 11.4 Å². The molecule has 1 unspecified atom stereocenters. The monoisotopic (exact) mass is 323 g/mol. The first kappa shape index (κ1) is 15.8. The number of amides is 1. The first-order valence-corrected chi connectivity index (χ1v) is 7.51. The lowest BCUT2D eigenvalue weighted by atomic mass is 10.1. The molecular formula is C17H17N5O2. The van der Waals surface area contributed by atoms with Crippen LogP contribution in [0, 0.1) is 13.8 Å². The van der Waals surface area contributed by atoms with E-state index in [1.54, 1.807) is 25.5 Å². The summed E-state index contributed by atoms with van der Waals surface area (Å²) in [4.78, 5) is 29.1. The van der Waals surface area contributed by atoms with Gasteiger partial charge in [0, 0.05) is 35.4 Å². The summed E-state index contributed by atoms with van der Waals surface area (Å²) in [5, 5.41) is 2.89. The molecule has 1 amide bonds. The van der Waals surface area contributed by atoms with Crippen molar-refractivity contribution in [1.29, 1.82) is 0 Å². The van der Waals surface area contributed by atoms with Crippen LogP contribution in [0.3, 0.4) is 0 Å². The lowest BCUT2D eigenvalue weighted by molar-refractivity contribution is 0.0934. The van der Waals surface area contributed by atoms with Crippen molar-refractivity contribution in [3.05, 3.63) is 59.8 Å². The normalized spacial score (nSPS) is 12.0. The molecule has 122 valence electrons. The lowest BCUT2D eigenvalue weighted by Gasteiger charge is -2.15. The Morgan fingerprint density at radius 1 is 1.21 bits per heavy atom. The van der Waals surface area contributed by atoms with E-state index in [4.69, 9.17) is 4.42 Å². The third-order valence-corrected chi connectivity index (χ3v) is 3.73. The predicted molar refractivity (Wildman–Crippen MR) is 87.1 cm³/mol. The molecule has 0 spiro atoms. The minimum Gasteiger partial charge on any atom is -0.448 e. The first-order valence-electron chi connectivity index (χ1n) is 7.51. The summed E-state index contributed by atoms with van der Waals surface area (Å²) in [5.41, 5.74) is 2.84. The van der Waals surface area contributed by atoms with Crippen molar-refractivity contribution in [2.45, 2.75) is 26.8 Å². The fraction of sp³-hybridized carbons (Fsp3) is 0.235. The third kappa shape index (κ3) is 3.15. The van der Waals surface area contributed by atoms with Crippen LogP contribution in [-0.2, 0) is 0 Å². The molecule has 0 aliphatic heterocycles. The Bertz CT molecular complexity index is 860. The van der Waals surface area contributed by atoms with E-state index in [0.29, 0.717) is 11.6 Å². The number of aromatic nitrogens is 4. The Kier molecular flexibility index (Phi) is 4.33. The van der Waals surface area contributed by atoms with E-state index in [2.05, 4.69) is 25.3 Å². The van der Waals surface area contributed by atoms with Gasteiger partial charge in [-0.25, -0.2) is 15.0 Å². The summed E-state index contributed by atoms with van der Waals surface area (Å²) in [7, 11) is 0. The number of oxazole rings is 1. The molecule has 7 nitrogen and oxygen atoms in total. The maximum atomic E-state index is 12.2. The quantitative estimate of drug-likeness (QED) is 0.793. The minimum atomic E-state index is -0.286. The maximum Gasteiger partial charge on any atom is 0.273 e. The van der Waals surface area contributed by atoms with Crippen molar-refractivity contribution < 1.29 is 9.21 Å². The summed E-state index contributed by atoms with van der Waals surface area (Å²) in [6.45, 7) is 5.47. The van der Waals surface area contributed by atoms with Crippen LogP contribution in [-0.4, -0.2) is 25.8 Å². The molecule has 0 saturated carbocycles. The molecule has 3 aromatic rings. The Morgan fingerprint density at radius 3 is 2.58 bits per heavy atom. The average molecular weight is 323 g/mol. The highest BCUT2D eigenvalue weighted by Crippen LogP contribution is 2.20. The van der Waals surface area contributed by atoms with Gasteiger partial charge in [0.05, 0.1) is 6.04 Å². The van der Waals surface area contributed by atoms with Crippen LogP contribution in [0.2, 0.25) is 0 Å². The number of hydrogen-bond acceptors (Lipinski definition) is 6. The number of aryl methyl sites for hydroxylation is 2. The summed E-state index contributed by atoms with van der Waals surface area (Å²) in [6.07, 6.45) is 6.39. The predicted octanol–water partition coefficient (Wildman–Crippen LogP) is 2.63. The highest BCUT2D eigenvalue weighted by molar-refractivity contribution is 5.93. The fourth-order valence-corrected chi connectivity index (χ4v) is 2.41. The Balaban J connectivity index is 1.79. The van der Waals surface area contributed by atoms with Crippen LogP contribution in [0.5, 0.6) is 0 Å². The fourth-order valence-electron chi connectivity index (χ4n) is 2.41. The van der Waals surface area contributed by atoms with E-state index in [-0.39, 0.29) is 17.6 Å². The first-order chi connectivity index (χ1) is 11.6. The molecule has 3 aromatic heterocycles. The summed E-state index contributed by atoms with van der Waals surface area (Å²) in [6, 6.07) is 3.46. The lowest BCUT2D eigenvalue weighted by Crippen LogP contribution is -2.28. The van der Waals surface area contributed by atoms with Crippen molar-refractivity contribution in [3.63, 3.8) is 0 Å². The van der Waals surface area contributed by atoms with Crippen LogP contribution in [0.25, 0.3) is 11.4 Å². The second-order valence-electron chi connectivity index (χ2n) is 5.42. The van der Waals surface area contributed by atoms with E-state index in [0.717, 1.165) is 16.8 Å². The Morgan fingerprint density at radius 2 is 1.96 bits per heavy atom. The molecule has 0 bridgehead atoms.